The molecule has 2 aromatic rings. The van der Waals surface area contributed by atoms with Crippen molar-refractivity contribution in [3.63, 3.8) is 0 Å². The van der Waals surface area contributed by atoms with Crippen molar-refractivity contribution in [2.45, 2.75) is 13.5 Å². The molecule has 0 aromatic carbocycles. The summed E-state index contributed by atoms with van der Waals surface area (Å²) in [5, 5.41) is 2.54. The number of aryl methyl sites for hydroxylation is 1. The Labute approximate surface area is 106 Å². The molecule has 19 heavy (non-hydrogen) atoms. The molecule has 0 aliphatic heterocycles. The Morgan fingerprint density at radius 1 is 1.26 bits per heavy atom. The lowest BCUT2D eigenvalue weighted by molar-refractivity contribution is 0.0944. The minimum atomic E-state index is -0.726. The molecule has 0 spiro atoms. The van der Waals surface area contributed by atoms with Crippen LogP contribution in [0, 0.1) is 6.92 Å². The predicted molar refractivity (Wildman–Crippen MR) is 65.6 cm³/mol. The zero-order valence-corrected chi connectivity index (χ0v) is 10.1. The van der Waals surface area contributed by atoms with Gasteiger partial charge in [0.1, 0.15) is 12.0 Å². The van der Waals surface area contributed by atoms with E-state index in [0.29, 0.717) is 5.69 Å². The van der Waals surface area contributed by atoms with Gasteiger partial charge in [-0.05, 0) is 13.0 Å². The normalized spacial score (nSPS) is 10.2. The number of hydrogen-bond acceptors (Lipinski definition) is 5. The number of rotatable bonds is 3. The number of amides is 1. The second-order valence-corrected chi connectivity index (χ2v) is 3.83. The number of nitrogens with one attached hydrogen (secondary N) is 3. The van der Waals surface area contributed by atoms with E-state index in [9.17, 15) is 14.4 Å². The summed E-state index contributed by atoms with van der Waals surface area (Å²) in [5.74, 6) is -0.556. The molecule has 0 atom stereocenters. The molecule has 98 valence electrons. The molecule has 8 heteroatoms. The fourth-order valence-corrected chi connectivity index (χ4v) is 1.46. The number of carbonyl (C=O) groups excluding carboxylic acids is 1. The van der Waals surface area contributed by atoms with Crippen LogP contribution in [0.2, 0.25) is 0 Å². The molecular formula is C11H11N5O3. The zero-order valence-electron chi connectivity index (χ0n) is 10.1. The highest BCUT2D eigenvalue weighted by molar-refractivity contribution is 5.91. The lowest BCUT2D eigenvalue weighted by atomic mass is 10.3. The van der Waals surface area contributed by atoms with Crippen LogP contribution < -0.4 is 16.6 Å². The third-order valence-corrected chi connectivity index (χ3v) is 2.30. The van der Waals surface area contributed by atoms with Gasteiger partial charge in [0.25, 0.3) is 11.5 Å². The Kier molecular flexibility index (Phi) is 3.51. The van der Waals surface area contributed by atoms with Crippen molar-refractivity contribution in [1.29, 1.82) is 0 Å². The summed E-state index contributed by atoms with van der Waals surface area (Å²) < 4.78 is 0. The molecule has 2 aromatic heterocycles. The van der Waals surface area contributed by atoms with Gasteiger partial charge in [0.2, 0.25) is 0 Å². The molecule has 0 aliphatic rings. The summed E-state index contributed by atoms with van der Waals surface area (Å²) in [6.07, 6.45) is 1.39. The molecule has 0 saturated carbocycles. The summed E-state index contributed by atoms with van der Waals surface area (Å²) in [6.45, 7) is 1.98. The fourth-order valence-electron chi connectivity index (χ4n) is 1.46. The monoisotopic (exact) mass is 261 g/mol. The van der Waals surface area contributed by atoms with Crippen LogP contribution >= 0.6 is 0 Å². The first kappa shape index (κ1) is 12.7. The van der Waals surface area contributed by atoms with Crippen molar-refractivity contribution in [2.75, 3.05) is 0 Å². The summed E-state index contributed by atoms with van der Waals surface area (Å²) >= 11 is 0. The van der Waals surface area contributed by atoms with Crippen molar-refractivity contribution < 1.29 is 4.79 Å². The molecule has 3 N–H and O–H groups in total. The highest BCUT2D eigenvalue weighted by Gasteiger charge is 2.08. The molecule has 0 radical (unpaired) electrons. The Morgan fingerprint density at radius 2 is 2.05 bits per heavy atom. The van der Waals surface area contributed by atoms with E-state index in [-0.39, 0.29) is 12.2 Å². The van der Waals surface area contributed by atoms with Crippen LogP contribution in [0.15, 0.2) is 28.0 Å². The zero-order chi connectivity index (χ0) is 13.8. The van der Waals surface area contributed by atoms with Gasteiger partial charge in [0.05, 0.1) is 12.2 Å². The van der Waals surface area contributed by atoms with Crippen LogP contribution in [0.3, 0.4) is 0 Å². The van der Waals surface area contributed by atoms with E-state index in [0.717, 1.165) is 11.8 Å². The SMILES string of the molecule is Cc1cc(CNC(=O)c2cc(=O)[nH]c(=O)[nH]2)ncn1. The smallest absolute Gasteiger partial charge is 0.326 e. The Morgan fingerprint density at radius 3 is 2.74 bits per heavy atom. The topological polar surface area (TPSA) is 121 Å². The second kappa shape index (κ2) is 5.25. The van der Waals surface area contributed by atoms with E-state index in [1.807, 2.05) is 4.98 Å². The third-order valence-electron chi connectivity index (χ3n) is 2.30. The molecule has 0 saturated heterocycles. The quantitative estimate of drug-likeness (QED) is 0.660. The standard InChI is InChI=1S/C11H11N5O3/c1-6-2-7(14-5-13-6)4-12-10(18)8-3-9(17)16-11(19)15-8/h2-3,5H,4H2,1H3,(H,12,18)(H2,15,16,17,19). The molecule has 0 aliphatic carbocycles. The molecule has 2 rings (SSSR count). The number of nitrogens with zero attached hydrogens (tertiary/aromatic N) is 2. The van der Waals surface area contributed by atoms with Crippen molar-refractivity contribution >= 4 is 5.91 Å². The first-order valence-corrected chi connectivity index (χ1v) is 5.44. The maximum atomic E-state index is 11.7. The number of H-pyrrole nitrogens is 2. The van der Waals surface area contributed by atoms with Gasteiger partial charge in [0, 0.05) is 11.8 Å². The van der Waals surface area contributed by atoms with E-state index in [1.165, 1.54) is 6.33 Å². The van der Waals surface area contributed by atoms with Gasteiger partial charge in [-0.1, -0.05) is 0 Å². The van der Waals surface area contributed by atoms with Gasteiger partial charge in [-0.2, -0.15) is 0 Å². The van der Waals surface area contributed by atoms with E-state index >= 15 is 0 Å². The molecule has 0 bridgehead atoms. The Bertz CT molecular complexity index is 690. The lowest BCUT2D eigenvalue weighted by Crippen LogP contribution is -2.30. The highest BCUT2D eigenvalue weighted by atomic mass is 16.2. The van der Waals surface area contributed by atoms with Gasteiger partial charge < -0.3 is 10.3 Å². The molecule has 8 nitrogen and oxygen atoms in total. The fraction of sp³-hybridized carbons (Fsp3) is 0.182. The van der Waals surface area contributed by atoms with Crippen LogP contribution in [0.5, 0.6) is 0 Å². The van der Waals surface area contributed by atoms with E-state index < -0.39 is 17.2 Å². The van der Waals surface area contributed by atoms with E-state index in [1.54, 1.807) is 13.0 Å². The third kappa shape index (κ3) is 3.35. The molecule has 0 unspecified atom stereocenters. The van der Waals surface area contributed by atoms with E-state index in [2.05, 4.69) is 20.3 Å². The van der Waals surface area contributed by atoms with Crippen molar-refractivity contribution in [2.24, 2.45) is 0 Å². The highest BCUT2D eigenvalue weighted by Crippen LogP contribution is 1.96. The summed E-state index contributed by atoms with van der Waals surface area (Å²) in [6, 6.07) is 2.74. The maximum absolute atomic E-state index is 11.7. The summed E-state index contributed by atoms with van der Waals surface area (Å²) in [4.78, 5) is 45.9. The van der Waals surface area contributed by atoms with Crippen LogP contribution in [0.4, 0.5) is 0 Å². The number of aromatic amines is 2. The van der Waals surface area contributed by atoms with Crippen LogP contribution in [-0.4, -0.2) is 25.8 Å². The first-order valence-electron chi connectivity index (χ1n) is 5.44. The van der Waals surface area contributed by atoms with Gasteiger partial charge in [-0.3, -0.25) is 14.6 Å². The van der Waals surface area contributed by atoms with Crippen molar-refractivity contribution in [1.82, 2.24) is 25.3 Å². The number of aromatic nitrogens is 4. The second-order valence-electron chi connectivity index (χ2n) is 3.83. The van der Waals surface area contributed by atoms with Crippen LogP contribution in [0.25, 0.3) is 0 Å². The minimum Gasteiger partial charge on any atom is -0.345 e. The lowest BCUT2D eigenvalue weighted by Gasteiger charge is -2.04. The van der Waals surface area contributed by atoms with Crippen molar-refractivity contribution in [3.8, 4) is 0 Å². The molecule has 2 heterocycles. The number of hydrogen-bond donors (Lipinski definition) is 3. The van der Waals surface area contributed by atoms with Crippen LogP contribution in [-0.2, 0) is 6.54 Å². The number of carbonyl (C=O) groups is 1. The van der Waals surface area contributed by atoms with Crippen LogP contribution in [0.1, 0.15) is 21.9 Å². The van der Waals surface area contributed by atoms with Gasteiger partial charge in [0.15, 0.2) is 0 Å². The summed E-state index contributed by atoms with van der Waals surface area (Å²) in [7, 11) is 0. The average molecular weight is 261 g/mol. The van der Waals surface area contributed by atoms with Gasteiger partial charge in [-0.25, -0.2) is 14.8 Å². The molecular weight excluding hydrogens is 250 g/mol. The van der Waals surface area contributed by atoms with Gasteiger partial charge in [-0.15, -0.1) is 0 Å². The minimum absolute atomic E-state index is 0.0977. The predicted octanol–water partition coefficient (Wildman–Crippen LogP) is -0.908. The Balaban J connectivity index is 2.09. The molecule has 0 fully saturated rings. The summed E-state index contributed by atoms with van der Waals surface area (Å²) in [5.41, 5.74) is -0.0429. The maximum Gasteiger partial charge on any atom is 0.326 e. The Hall–Kier alpha value is -2.77. The van der Waals surface area contributed by atoms with Crippen molar-refractivity contribution in [3.05, 3.63) is 56.4 Å². The average Bonchev–Trinajstić information content (AvgIpc) is 2.35. The van der Waals surface area contributed by atoms with E-state index in [4.69, 9.17) is 0 Å². The van der Waals surface area contributed by atoms with Gasteiger partial charge >= 0.3 is 5.69 Å². The largest absolute Gasteiger partial charge is 0.345 e. The first-order chi connectivity index (χ1) is 9.04. The molecule has 1 amide bonds.